The molecule has 3 aromatic rings. The fourth-order valence-corrected chi connectivity index (χ4v) is 4.17. The quantitative estimate of drug-likeness (QED) is 0.638. The summed E-state index contributed by atoms with van der Waals surface area (Å²) in [7, 11) is 0. The van der Waals surface area contributed by atoms with E-state index in [1.165, 1.54) is 0 Å². The molecule has 4 rings (SSSR count). The maximum Gasteiger partial charge on any atom is 0.253 e. The summed E-state index contributed by atoms with van der Waals surface area (Å²) in [4.78, 5) is 31.7. The molecule has 1 atom stereocenters. The zero-order chi connectivity index (χ0) is 21.8. The number of amides is 2. The van der Waals surface area contributed by atoms with Crippen LogP contribution >= 0.6 is 0 Å². The summed E-state index contributed by atoms with van der Waals surface area (Å²) in [5, 5.41) is 2.98. The Morgan fingerprint density at radius 3 is 2.61 bits per heavy atom. The Balaban J connectivity index is 1.41. The van der Waals surface area contributed by atoms with Gasteiger partial charge in [-0.25, -0.2) is 4.98 Å². The lowest BCUT2D eigenvalue weighted by molar-refractivity contribution is -0.126. The number of piperidine rings is 1. The molecule has 1 saturated heterocycles. The van der Waals surface area contributed by atoms with E-state index in [4.69, 9.17) is 4.42 Å². The first kappa shape index (κ1) is 21.1. The van der Waals surface area contributed by atoms with Gasteiger partial charge in [0.1, 0.15) is 5.52 Å². The molecule has 6 heteroatoms. The molecule has 2 amide bonds. The van der Waals surface area contributed by atoms with Crippen molar-refractivity contribution >= 4 is 22.9 Å². The number of likely N-dealkylation sites (tertiary alicyclic amines) is 1. The van der Waals surface area contributed by atoms with Crippen LogP contribution < -0.4 is 5.32 Å². The molecule has 0 saturated carbocycles. The van der Waals surface area contributed by atoms with Crippen molar-refractivity contribution in [1.29, 1.82) is 0 Å². The lowest BCUT2D eigenvalue weighted by atomic mass is 9.84. The van der Waals surface area contributed by atoms with Crippen molar-refractivity contribution in [3.63, 3.8) is 0 Å². The molecule has 2 aromatic carbocycles. The van der Waals surface area contributed by atoms with Gasteiger partial charge in [-0.2, -0.15) is 0 Å². The highest BCUT2D eigenvalue weighted by Gasteiger charge is 2.30. The monoisotopic (exact) mass is 419 g/mol. The number of nitrogens with one attached hydrogen (secondary N) is 1. The van der Waals surface area contributed by atoms with E-state index in [9.17, 15) is 9.59 Å². The zero-order valence-electron chi connectivity index (χ0n) is 18.1. The predicted molar refractivity (Wildman–Crippen MR) is 121 cm³/mol. The van der Waals surface area contributed by atoms with E-state index >= 15 is 0 Å². The Bertz CT molecular complexity index is 1050. The minimum Gasteiger partial charge on any atom is -0.436 e. The third kappa shape index (κ3) is 4.63. The summed E-state index contributed by atoms with van der Waals surface area (Å²) in [6.07, 6.45) is 2.62. The van der Waals surface area contributed by atoms with Gasteiger partial charge in [-0.3, -0.25) is 9.59 Å². The molecule has 31 heavy (non-hydrogen) atoms. The van der Waals surface area contributed by atoms with Crippen LogP contribution in [0.3, 0.4) is 0 Å². The third-order valence-electron chi connectivity index (χ3n) is 6.15. The van der Waals surface area contributed by atoms with Gasteiger partial charge in [0.25, 0.3) is 5.91 Å². The first-order valence-electron chi connectivity index (χ1n) is 11.1. The van der Waals surface area contributed by atoms with E-state index in [-0.39, 0.29) is 17.7 Å². The summed E-state index contributed by atoms with van der Waals surface area (Å²) >= 11 is 0. The number of hydrogen-bond acceptors (Lipinski definition) is 4. The van der Waals surface area contributed by atoms with Gasteiger partial charge in [0.2, 0.25) is 11.8 Å². The van der Waals surface area contributed by atoms with Crippen molar-refractivity contribution in [3.05, 3.63) is 54.1 Å². The van der Waals surface area contributed by atoms with E-state index in [2.05, 4.69) is 10.3 Å². The second-order valence-corrected chi connectivity index (χ2v) is 8.28. The molecule has 1 aliphatic heterocycles. The summed E-state index contributed by atoms with van der Waals surface area (Å²) in [6.45, 7) is 6.09. The fourth-order valence-electron chi connectivity index (χ4n) is 4.17. The van der Waals surface area contributed by atoms with E-state index < -0.39 is 0 Å². The van der Waals surface area contributed by atoms with E-state index in [1.807, 2.05) is 61.2 Å². The molecule has 162 valence electrons. The minimum absolute atomic E-state index is 0.00102. The molecule has 6 nitrogen and oxygen atoms in total. The highest BCUT2D eigenvalue weighted by Crippen LogP contribution is 2.28. The molecule has 0 unspecified atom stereocenters. The molecule has 1 N–H and O–H groups in total. The Labute approximate surface area is 182 Å². The van der Waals surface area contributed by atoms with E-state index in [0.717, 1.165) is 36.9 Å². The fraction of sp³-hybridized carbons (Fsp3) is 0.400. The lowest BCUT2D eigenvalue weighted by Crippen LogP contribution is -2.42. The van der Waals surface area contributed by atoms with Crippen molar-refractivity contribution in [3.8, 4) is 11.5 Å². The summed E-state index contributed by atoms with van der Waals surface area (Å²) in [5.41, 5.74) is 2.86. The summed E-state index contributed by atoms with van der Waals surface area (Å²) < 4.78 is 5.91. The van der Waals surface area contributed by atoms with Gasteiger partial charge in [0.15, 0.2) is 5.58 Å². The number of nitrogens with zero attached hydrogens (tertiary/aromatic N) is 2. The van der Waals surface area contributed by atoms with Crippen molar-refractivity contribution in [1.82, 2.24) is 15.2 Å². The molecular weight excluding hydrogens is 390 g/mol. The number of carbonyl (C=O) groups is 2. The second-order valence-electron chi connectivity index (χ2n) is 8.28. The average Bonchev–Trinajstić information content (AvgIpc) is 3.26. The Hall–Kier alpha value is -3.15. The lowest BCUT2D eigenvalue weighted by Gasteiger charge is -2.34. The molecule has 2 heterocycles. The van der Waals surface area contributed by atoms with Crippen LogP contribution in [0, 0.1) is 11.8 Å². The van der Waals surface area contributed by atoms with Gasteiger partial charge in [-0.05, 0) is 55.5 Å². The normalized spacial score (nSPS) is 15.7. The number of carbonyl (C=O) groups excluding carboxylic acids is 2. The van der Waals surface area contributed by atoms with Crippen molar-refractivity contribution in [2.45, 2.75) is 33.1 Å². The van der Waals surface area contributed by atoms with Gasteiger partial charge in [0.05, 0.1) is 0 Å². The Kier molecular flexibility index (Phi) is 6.35. The number of oxazole rings is 1. The van der Waals surface area contributed by atoms with Crippen LogP contribution in [0.15, 0.2) is 52.9 Å². The minimum atomic E-state index is -0.0225. The van der Waals surface area contributed by atoms with E-state index in [1.54, 1.807) is 6.07 Å². The molecule has 1 fully saturated rings. The molecule has 0 radical (unpaired) electrons. The maximum atomic E-state index is 13.1. The maximum absolute atomic E-state index is 13.1. The summed E-state index contributed by atoms with van der Waals surface area (Å²) in [6, 6.07) is 15.2. The standard InChI is InChI=1S/C25H29N3O3/c1-3-13-26-23(29)17(2)18-11-14-28(15-12-18)25(30)20-9-10-21-22(16-20)31-24(27-21)19-7-5-4-6-8-19/h4-10,16-18H,3,11-15H2,1-2H3,(H,26,29)/t17-/m1/s1. The number of aromatic nitrogens is 1. The van der Waals surface area contributed by atoms with Gasteiger partial charge < -0.3 is 14.6 Å². The predicted octanol–water partition coefficient (Wildman–Crippen LogP) is 4.51. The largest absolute Gasteiger partial charge is 0.436 e. The number of benzene rings is 2. The van der Waals surface area contributed by atoms with Crippen LogP contribution in [0.5, 0.6) is 0 Å². The highest BCUT2D eigenvalue weighted by molar-refractivity contribution is 5.97. The molecular formula is C25H29N3O3. The van der Waals surface area contributed by atoms with Gasteiger partial charge in [0, 0.05) is 36.7 Å². The van der Waals surface area contributed by atoms with E-state index in [0.29, 0.717) is 36.0 Å². The zero-order valence-corrected chi connectivity index (χ0v) is 18.1. The first-order valence-corrected chi connectivity index (χ1v) is 11.1. The van der Waals surface area contributed by atoms with Gasteiger partial charge in [-0.15, -0.1) is 0 Å². The number of rotatable bonds is 6. The number of hydrogen-bond donors (Lipinski definition) is 1. The van der Waals surface area contributed by atoms with Gasteiger partial charge in [-0.1, -0.05) is 32.0 Å². The SMILES string of the molecule is CCCNC(=O)[C@H](C)C1CCN(C(=O)c2ccc3nc(-c4ccccc4)oc3c2)CC1. The summed E-state index contributed by atoms with van der Waals surface area (Å²) in [5.74, 6) is 0.964. The van der Waals surface area contributed by atoms with Crippen LogP contribution in [0.25, 0.3) is 22.6 Å². The number of fused-ring (bicyclic) bond motifs is 1. The first-order chi connectivity index (χ1) is 15.1. The van der Waals surface area contributed by atoms with Crippen LogP contribution in [0.2, 0.25) is 0 Å². The van der Waals surface area contributed by atoms with Crippen LogP contribution in [-0.4, -0.2) is 41.3 Å². The molecule has 0 aliphatic carbocycles. The highest BCUT2D eigenvalue weighted by atomic mass is 16.3. The molecule has 0 bridgehead atoms. The molecule has 1 aliphatic rings. The Morgan fingerprint density at radius 2 is 1.90 bits per heavy atom. The Morgan fingerprint density at radius 1 is 1.16 bits per heavy atom. The smallest absolute Gasteiger partial charge is 0.253 e. The topological polar surface area (TPSA) is 75.4 Å². The third-order valence-corrected chi connectivity index (χ3v) is 6.15. The van der Waals surface area contributed by atoms with Crippen LogP contribution in [-0.2, 0) is 4.79 Å². The van der Waals surface area contributed by atoms with Crippen molar-refractivity contribution < 1.29 is 14.0 Å². The average molecular weight is 420 g/mol. The van der Waals surface area contributed by atoms with Crippen LogP contribution in [0.4, 0.5) is 0 Å². The molecule has 1 aromatic heterocycles. The van der Waals surface area contributed by atoms with Crippen molar-refractivity contribution in [2.24, 2.45) is 11.8 Å². The molecule has 0 spiro atoms. The second kappa shape index (κ2) is 9.33. The van der Waals surface area contributed by atoms with Crippen LogP contribution in [0.1, 0.15) is 43.5 Å². The van der Waals surface area contributed by atoms with Gasteiger partial charge >= 0.3 is 0 Å². The van der Waals surface area contributed by atoms with Crippen molar-refractivity contribution in [2.75, 3.05) is 19.6 Å².